The van der Waals surface area contributed by atoms with Gasteiger partial charge in [-0.05, 0) is 97.5 Å². The van der Waals surface area contributed by atoms with Crippen molar-refractivity contribution < 1.29 is 0 Å². The molecule has 2 aromatic carbocycles. The minimum Gasteiger partial charge on any atom is -0.261 e. The zero-order valence-electron chi connectivity index (χ0n) is 17.7. The molecule has 4 nitrogen and oxygen atoms in total. The highest BCUT2D eigenvalue weighted by Gasteiger charge is 2.06. The number of azo groups is 1. The summed E-state index contributed by atoms with van der Waals surface area (Å²) < 4.78 is 0. The van der Waals surface area contributed by atoms with Gasteiger partial charge in [0.1, 0.15) is 0 Å². The van der Waals surface area contributed by atoms with Crippen LogP contribution in [0.4, 0.5) is 11.4 Å². The Kier molecular flexibility index (Phi) is 5.48. The number of benzene rings is 2. The van der Waals surface area contributed by atoms with Gasteiger partial charge in [-0.1, -0.05) is 24.3 Å². The first-order valence-corrected chi connectivity index (χ1v) is 9.99. The Labute approximate surface area is 177 Å². The topological polar surface area (TPSA) is 50.5 Å². The van der Waals surface area contributed by atoms with Gasteiger partial charge in [0, 0.05) is 23.8 Å². The van der Waals surface area contributed by atoms with E-state index in [0.717, 1.165) is 45.0 Å². The van der Waals surface area contributed by atoms with Crippen molar-refractivity contribution >= 4 is 11.4 Å². The van der Waals surface area contributed by atoms with Crippen LogP contribution in [-0.2, 0) is 0 Å². The highest BCUT2D eigenvalue weighted by molar-refractivity contribution is 5.71. The van der Waals surface area contributed by atoms with E-state index in [4.69, 9.17) is 0 Å². The summed E-state index contributed by atoms with van der Waals surface area (Å²) in [5, 5.41) is 8.97. The van der Waals surface area contributed by atoms with E-state index in [1.54, 1.807) is 0 Å². The Morgan fingerprint density at radius 2 is 1.00 bits per heavy atom. The van der Waals surface area contributed by atoms with Gasteiger partial charge in [-0.2, -0.15) is 10.2 Å². The van der Waals surface area contributed by atoms with Gasteiger partial charge in [-0.25, -0.2) is 0 Å². The van der Waals surface area contributed by atoms with E-state index in [0.29, 0.717) is 0 Å². The van der Waals surface area contributed by atoms with Crippen LogP contribution in [0.2, 0.25) is 0 Å². The average molecular weight is 393 g/mol. The van der Waals surface area contributed by atoms with E-state index < -0.39 is 0 Å². The fourth-order valence-corrected chi connectivity index (χ4v) is 3.47. The third-order valence-electron chi connectivity index (χ3n) is 5.08. The normalized spacial score (nSPS) is 11.2. The molecular formula is C26H24N4. The SMILES string of the molecule is Cc1cc(-c2cccc(N=Nc3cccc(-c4cc(C)ncc4C)c3)c2)c(C)cn1. The Balaban J connectivity index is 1.63. The number of aryl methyl sites for hydroxylation is 4. The molecular weight excluding hydrogens is 368 g/mol. The molecule has 0 spiro atoms. The second-order valence-electron chi connectivity index (χ2n) is 7.58. The fraction of sp³-hybridized carbons (Fsp3) is 0.154. The number of pyridine rings is 2. The van der Waals surface area contributed by atoms with Crippen molar-refractivity contribution in [2.24, 2.45) is 10.2 Å². The van der Waals surface area contributed by atoms with E-state index in [2.05, 4.69) is 70.4 Å². The van der Waals surface area contributed by atoms with E-state index in [9.17, 15) is 0 Å². The first-order valence-electron chi connectivity index (χ1n) is 9.99. The lowest BCUT2D eigenvalue weighted by molar-refractivity contribution is 1.17. The van der Waals surface area contributed by atoms with Gasteiger partial charge >= 0.3 is 0 Å². The van der Waals surface area contributed by atoms with Crippen molar-refractivity contribution in [3.63, 3.8) is 0 Å². The molecule has 4 heteroatoms. The van der Waals surface area contributed by atoms with Gasteiger partial charge in [0.15, 0.2) is 0 Å². The van der Waals surface area contributed by atoms with Crippen molar-refractivity contribution in [1.29, 1.82) is 0 Å². The molecule has 0 fully saturated rings. The maximum absolute atomic E-state index is 4.49. The molecule has 0 N–H and O–H groups in total. The van der Waals surface area contributed by atoms with Crippen LogP contribution in [-0.4, -0.2) is 9.97 Å². The van der Waals surface area contributed by atoms with E-state index in [1.165, 1.54) is 11.1 Å². The van der Waals surface area contributed by atoms with Crippen LogP contribution in [0.5, 0.6) is 0 Å². The van der Waals surface area contributed by atoms with Crippen LogP contribution in [0.1, 0.15) is 22.5 Å². The van der Waals surface area contributed by atoms with Crippen molar-refractivity contribution in [1.82, 2.24) is 9.97 Å². The lowest BCUT2D eigenvalue weighted by Gasteiger charge is -2.08. The minimum absolute atomic E-state index is 0.822. The van der Waals surface area contributed by atoms with Crippen LogP contribution in [0.15, 0.2) is 83.3 Å². The molecule has 0 aliphatic rings. The third kappa shape index (κ3) is 4.33. The van der Waals surface area contributed by atoms with Gasteiger partial charge in [-0.15, -0.1) is 0 Å². The standard InChI is InChI=1S/C26H24N4/c1-17-15-27-19(3)11-25(17)21-7-5-9-23(13-21)29-30-24-10-6-8-22(14-24)26-12-20(4)28-16-18(26)2/h5-16H,1-4H3. The van der Waals surface area contributed by atoms with Gasteiger partial charge in [0.05, 0.1) is 11.4 Å². The molecule has 148 valence electrons. The highest BCUT2D eigenvalue weighted by Crippen LogP contribution is 2.30. The molecule has 0 saturated carbocycles. The molecule has 0 aliphatic heterocycles. The second-order valence-corrected chi connectivity index (χ2v) is 7.58. The maximum Gasteiger partial charge on any atom is 0.0863 e. The number of aromatic nitrogens is 2. The Bertz CT molecular complexity index is 1140. The molecule has 0 atom stereocenters. The largest absolute Gasteiger partial charge is 0.261 e. The lowest BCUT2D eigenvalue weighted by atomic mass is 10.0. The molecule has 2 heterocycles. The molecule has 2 aromatic heterocycles. The van der Waals surface area contributed by atoms with Crippen LogP contribution in [0.3, 0.4) is 0 Å². The Morgan fingerprint density at radius 3 is 1.43 bits per heavy atom. The van der Waals surface area contributed by atoms with Crippen LogP contribution < -0.4 is 0 Å². The summed E-state index contributed by atoms with van der Waals surface area (Å²) in [4.78, 5) is 8.72. The summed E-state index contributed by atoms with van der Waals surface area (Å²) >= 11 is 0. The zero-order chi connectivity index (χ0) is 21.1. The summed E-state index contributed by atoms with van der Waals surface area (Å²) in [7, 11) is 0. The number of hydrogen-bond acceptors (Lipinski definition) is 4. The summed E-state index contributed by atoms with van der Waals surface area (Å²) in [6, 6.07) is 20.5. The second kappa shape index (κ2) is 8.37. The fourth-order valence-electron chi connectivity index (χ4n) is 3.47. The summed E-state index contributed by atoms with van der Waals surface area (Å²) in [5.74, 6) is 0. The number of nitrogens with zero attached hydrogens (tertiary/aromatic N) is 4. The molecule has 4 rings (SSSR count). The highest BCUT2D eigenvalue weighted by atomic mass is 15.1. The summed E-state index contributed by atoms with van der Waals surface area (Å²) in [6.45, 7) is 8.16. The zero-order valence-corrected chi connectivity index (χ0v) is 17.7. The smallest absolute Gasteiger partial charge is 0.0863 e. The van der Waals surface area contributed by atoms with Gasteiger partial charge in [0.2, 0.25) is 0 Å². The first-order chi connectivity index (χ1) is 14.5. The predicted molar refractivity (Wildman–Crippen MR) is 122 cm³/mol. The molecule has 0 bridgehead atoms. The maximum atomic E-state index is 4.49. The van der Waals surface area contributed by atoms with Crippen molar-refractivity contribution in [3.05, 3.63) is 95.6 Å². The molecule has 30 heavy (non-hydrogen) atoms. The van der Waals surface area contributed by atoms with Crippen molar-refractivity contribution in [2.45, 2.75) is 27.7 Å². The van der Waals surface area contributed by atoms with Crippen LogP contribution in [0, 0.1) is 27.7 Å². The average Bonchev–Trinajstić information content (AvgIpc) is 2.76. The van der Waals surface area contributed by atoms with Crippen molar-refractivity contribution in [2.75, 3.05) is 0 Å². The quantitative estimate of drug-likeness (QED) is 0.338. The van der Waals surface area contributed by atoms with Gasteiger partial charge in [-0.3, -0.25) is 9.97 Å². The molecule has 0 radical (unpaired) electrons. The molecule has 4 aromatic rings. The molecule has 0 saturated heterocycles. The molecule has 0 amide bonds. The Hall–Kier alpha value is -3.66. The lowest BCUT2D eigenvalue weighted by Crippen LogP contribution is -1.88. The van der Waals surface area contributed by atoms with E-state index in [-0.39, 0.29) is 0 Å². The minimum atomic E-state index is 0.822. The summed E-state index contributed by atoms with van der Waals surface area (Å²) in [5.41, 5.74) is 10.5. The number of hydrogen-bond donors (Lipinski definition) is 0. The van der Waals surface area contributed by atoms with Crippen LogP contribution in [0.25, 0.3) is 22.3 Å². The monoisotopic (exact) mass is 392 g/mol. The van der Waals surface area contributed by atoms with Crippen molar-refractivity contribution in [3.8, 4) is 22.3 Å². The molecule has 0 aliphatic carbocycles. The molecule has 0 unspecified atom stereocenters. The van der Waals surface area contributed by atoms with Gasteiger partial charge < -0.3 is 0 Å². The number of rotatable bonds is 4. The summed E-state index contributed by atoms with van der Waals surface area (Å²) in [6.07, 6.45) is 3.82. The van der Waals surface area contributed by atoms with Crippen LogP contribution >= 0.6 is 0 Å². The first kappa shape index (κ1) is 19.6. The van der Waals surface area contributed by atoms with Gasteiger partial charge in [0.25, 0.3) is 0 Å². The van der Waals surface area contributed by atoms with E-state index >= 15 is 0 Å². The van der Waals surface area contributed by atoms with E-state index in [1.807, 2.05) is 50.5 Å². The Morgan fingerprint density at radius 1 is 0.567 bits per heavy atom. The third-order valence-corrected chi connectivity index (χ3v) is 5.08. The predicted octanol–water partition coefficient (Wildman–Crippen LogP) is 7.46.